The van der Waals surface area contributed by atoms with Crippen molar-refractivity contribution >= 4 is 211 Å². The van der Waals surface area contributed by atoms with Crippen LogP contribution in [0, 0.1) is 0 Å². The lowest BCUT2D eigenvalue weighted by Crippen LogP contribution is -2.47. The van der Waals surface area contributed by atoms with Crippen molar-refractivity contribution in [3.8, 4) is 0 Å². The first-order chi connectivity index (χ1) is 9.62. The fourth-order valence-electron chi connectivity index (χ4n) is 0.738. The Kier molecular flexibility index (Phi) is 16.1. The zero-order valence-corrected chi connectivity index (χ0v) is 30.9. The van der Waals surface area contributed by atoms with Crippen molar-refractivity contribution < 1.29 is 14.0 Å². The van der Waals surface area contributed by atoms with Crippen LogP contribution in [0.2, 0.25) is 0 Å². The molecule has 0 radical (unpaired) electrons. The van der Waals surface area contributed by atoms with E-state index in [1.54, 1.807) is 0 Å². The van der Waals surface area contributed by atoms with Crippen LogP contribution in [-0.4, -0.2) is 23.9 Å². The molecule has 0 saturated carbocycles. The molecule has 132 valence electrons. The number of halogens is 9. The van der Waals surface area contributed by atoms with Gasteiger partial charge < -0.3 is 14.0 Å². The van der Waals surface area contributed by atoms with Gasteiger partial charge in [-0.1, -0.05) is 67.8 Å². The Morgan fingerprint density at radius 1 is 0.591 bits per heavy atom. The van der Waals surface area contributed by atoms with Crippen LogP contribution in [0.25, 0.3) is 0 Å². The minimum absolute atomic E-state index is 0.297. The highest BCUT2D eigenvalue weighted by molar-refractivity contribution is 14.2. The molecular formula is C9H12BI9O3. The molecule has 3 nitrogen and oxygen atoms in total. The Labute approximate surface area is 255 Å². The van der Waals surface area contributed by atoms with Gasteiger partial charge in [0.2, 0.25) is 0 Å². The second-order valence-electron chi connectivity index (χ2n) is 4.18. The van der Waals surface area contributed by atoms with Crippen LogP contribution < -0.4 is 0 Å². The third-order valence-electron chi connectivity index (χ3n) is 2.15. The minimum Gasteiger partial charge on any atom is -0.361 e. The highest BCUT2D eigenvalue weighted by Crippen LogP contribution is 2.45. The van der Waals surface area contributed by atoms with Crippen molar-refractivity contribution in [1.29, 1.82) is 0 Å². The van der Waals surface area contributed by atoms with E-state index >= 15 is 0 Å². The molecule has 0 spiro atoms. The van der Waals surface area contributed by atoms with Crippen LogP contribution in [0.1, 0.15) is 20.8 Å². The summed E-state index contributed by atoms with van der Waals surface area (Å²) in [5.74, 6) is 0. The largest absolute Gasteiger partial charge is 0.644 e. The first kappa shape index (κ1) is 28.5. The van der Waals surface area contributed by atoms with Crippen LogP contribution in [-0.2, 0) is 14.0 Å². The third-order valence-corrected chi connectivity index (χ3v) is 19.1. The molecule has 3 atom stereocenters. The van der Waals surface area contributed by atoms with Gasteiger partial charge in [-0.05, 0) is 156 Å². The zero-order chi connectivity index (χ0) is 17.9. The molecule has 22 heavy (non-hydrogen) atoms. The first-order valence-electron chi connectivity index (χ1n) is 5.71. The molecule has 0 rings (SSSR count). The number of hydrogen-bond donors (Lipinski definition) is 0. The Balaban J connectivity index is 5.25. The molecule has 0 saturated heterocycles. The van der Waals surface area contributed by atoms with Gasteiger partial charge in [0.1, 0.15) is 0 Å². The number of hydrogen-bond acceptors (Lipinski definition) is 3. The maximum atomic E-state index is 6.17. The summed E-state index contributed by atoms with van der Waals surface area (Å²) in [4.78, 5) is 0. The average molecular weight is 1320 g/mol. The van der Waals surface area contributed by atoms with Crippen LogP contribution in [0.5, 0.6) is 0 Å². The van der Waals surface area contributed by atoms with Crippen LogP contribution >= 0.6 is 203 Å². The predicted octanol–water partition coefficient (Wildman–Crippen LogP) is 8.06. The van der Waals surface area contributed by atoms with Gasteiger partial charge in [-0.3, -0.25) is 0 Å². The summed E-state index contributed by atoms with van der Waals surface area (Å²) in [6.07, 6.45) is 0. The zero-order valence-electron chi connectivity index (χ0n) is 11.4. The lowest BCUT2D eigenvalue weighted by atomic mass is 10.2. The molecule has 0 amide bonds. The Morgan fingerprint density at radius 2 is 0.773 bits per heavy atom. The summed E-state index contributed by atoms with van der Waals surface area (Å²) in [6, 6.07) is 0. The summed E-state index contributed by atoms with van der Waals surface area (Å²) in [5, 5.41) is 0. The Hall–Kier alpha value is 6.51. The molecule has 0 N–H and O–H groups in total. The lowest BCUT2D eigenvalue weighted by Gasteiger charge is -2.35. The summed E-state index contributed by atoms with van der Waals surface area (Å²) in [5.41, 5.74) is 0. The normalized spacial score (nSPS) is 18.0. The van der Waals surface area contributed by atoms with E-state index in [9.17, 15) is 0 Å². The van der Waals surface area contributed by atoms with Gasteiger partial charge in [0, 0.05) is 0 Å². The summed E-state index contributed by atoms with van der Waals surface area (Å²) >= 11 is 20.9. The van der Waals surface area contributed by atoms with Crippen molar-refractivity contribution in [1.82, 2.24) is 0 Å². The van der Waals surface area contributed by atoms with Gasteiger partial charge >= 0.3 is 7.32 Å². The molecule has 0 aromatic carbocycles. The lowest BCUT2D eigenvalue weighted by molar-refractivity contribution is 0.0723. The number of rotatable bonds is 9. The molecule has 13 heteroatoms. The predicted molar refractivity (Wildman–Crippen MR) is 172 cm³/mol. The summed E-state index contributed by atoms with van der Waals surface area (Å²) < 4.78 is 18.2. The SMILES string of the molecule is CC(I)C(I)(I)OB(OC(I)(I)C(C)I)OC(I)(I)C(C)I. The van der Waals surface area contributed by atoms with Gasteiger partial charge in [0.05, 0.1) is 11.8 Å². The topological polar surface area (TPSA) is 27.7 Å². The molecule has 0 aliphatic heterocycles. The van der Waals surface area contributed by atoms with E-state index in [1.165, 1.54) is 0 Å². The van der Waals surface area contributed by atoms with Crippen molar-refractivity contribution in [3.05, 3.63) is 0 Å². The fraction of sp³-hybridized carbons (Fsp3) is 1.00. The fourth-order valence-corrected chi connectivity index (χ4v) is 2.42. The molecule has 0 aromatic heterocycles. The average Bonchev–Trinajstić information content (AvgIpc) is 2.25. The van der Waals surface area contributed by atoms with Crippen LogP contribution in [0.3, 0.4) is 0 Å². The quantitative estimate of drug-likeness (QED) is 0.133. The van der Waals surface area contributed by atoms with E-state index < -0.39 is 12.2 Å². The molecule has 0 aliphatic rings. The highest BCUT2D eigenvalue weighted by atomic mass is 127. The Bertz CT molecular complexity index is 299. The second kappa shape index (κ2) is 12.4. The van der Waals surface area contributed by atoms with Crippen molar-refractivity contribution in [2.24, 2.45) is 0 Å². The van der Waals surface area contributed by atoms with E-state index in [0.717, 1.165) is 0 Å². The van der Waals surface area contributed by atoms with E-state index in [0.29, 0.717) is 11.8 Å². The molecule has 0 heterocycles. The Morgan fingerprint density at radius 3 is 0.909 bits per heavy atom. The van der Waals surface area contributed by atoms with Gasteiger partial charge in [0.25, 0.3) is 0 Å². The monoisotopic (exact) mass is 1320 g/mol. The highest BCUT2D eigenvalue weighted by Gasteiger charge is 2.47. The van der Waals surface area contributed by atoms with E-state index in [1.807, 2.05) is 0 Å². The van der Waals surface area contributed by atoms with Gasteiger partial charge in [-0.2, -0.15) is 0 Å². The van der Waals surface area contributed by atoms with Crippen molar-refractivity contribution in [3.63, 3.8) is 0 Å². The molecular weight excluding hydrogens is 1310 g/mol. The second-order valence-corrected chi connectivity index (χ2v) is 25.6. The van der Waals surface area contributed by atoms with Crippen molar-refractivity contribution in [2.75, 3.05) is 0 Å². The number of alkyl halides is 9. The summed E-state index contributed by atoms with van der Waals surface area (Å²) in [7, 11) is -0.733. The summed E-state index contributed by atoms with van der Waals surface area (Å²) in [6.45, 7) is 6.34. The van der Waals surface area contributed by atoms with Gasteiger partial charge in [0.15, 0.2) is 4.84 Å². The van der Waals surface area contributed by atoms with E-state index in [-0.39, 0.29) is 0 Å². The third kappa shape index (κ3) is 11.1. The smallest absolute Gasteiger partial charge is 0.361 e. The molecule has 0 aromatic rings. The molecule has 0 aliphatic carbocycles. The minimum atomic E-state index is -0.733. The maximum Gasteiger partial charge on any atom is 0.644 e. The van der Waals surface area contributed by atoms with Crippen LogP contribution in [0.15, 0.2) is 0 Å². The van der Waals surface area contributed by atoms with Crippen LogP contribution in [0.4, 0.5) is 0 Å². The molecule has 0 fully saturated rings. The van der Waals surface area contributed by atoms with Crippen molar-refractivity contribution in [2.45, 2.75) is 37.4 Å². The van der Waals surface area contributed by atoms with E-state index in [2.05, 4.69) is 224 Å². The molecule has 0 bridgehead atoms. The first-order valence-corrected chi connectivity index (χ1v) is 15.9. The van der Waals surface area contributed by atoms with E-state index in [4.69, 9.17) is 14.0 Å². The van der Waals surface area contributed by atoms with Gasteiger partial charge in [-0.25, -0.2) is 0 Å². The van der Waals surface area contributed by atoms with Gasteiger partial charge in [-0.15, -0.1) is 0 Å². The standard InChI is InChI=1S/C9H12BI9O3/c1-4(11)7(14,15)20-10(21-8(16,17)5(2)12)22-9(18,19)6(3)13/h4-6H,1-3H3. The molecule has 3 unspecified atom stereocenters. The maximum absolute atomic E-state index is 6.17.